The van der Waals surface area contributed by atoms with E-state index in [1.54, 1.807) is 18.2 Å². The first kappa shape index (κ1) is 16.0. The molecule has 2 aromatic rings. The van der Waals surface area contributed by atoms with E-state index in [4.69, 9.17) is 28.9 Å². The van der Waals surface area contributed by atoms with Crippen molar-refractivity contribution in [2.45, 2.75) is 11.8 Å². The first-order valence-electron chi connectivity index (χ1n) is 6.19. The third kappa shape index (κ3) is 4.56. The maximum atomic E-state index is 12.0. The molecule has 21 heavy (non-hydrogen) atoms. The van der Waals surface area contributed by atoms with Gasteiger partial charge in [0.2, 0.25) is 5.91 Å². The maximum Gasteiger partial charge on any atom is 0.234 e. The highest BCUT2D eigenvalue weighted by atomic mass is 35.5. The Morgan fingerprint density at radius 2 is 2.00 bits per heavy atom. The monoisotopic (exact) mass is 340 g/mol. The Hall–Kier alpha value is -1.36. The van der Waals surface area contributed by atoms with E-state index >= 15 is 0 Å². The number of rotatable bonds is 4. The number of carbonyl (C=O) groups excluding carboxylic acids is 1. The molecular formula is C15H14Cl2N2OS. The van der Waals surface area contributed by atoms with Crippen LogP contribution in [0.4, 0.5) is 11.4 Å². The summed E-state index contributed by atoms with van der Waals surface area (Å²) in [5.74, 6) is 0.0833. The topological polar surface area (TPSA) is 55.1 Å². The van der Waals surface area contributed by atoms with Crippen molar-refractivity contribution >= 4 is 52.2 Å². The predicted molar refractivity (Wildman–Crippen MR) is 91.4 cm³/mol. The van der Waals surface area contributed by atoms with Crippen LogP contribution in [0.2, 0.25) is 10.0 Å². The Morgan fingerprint density at radius 1 is 1.24 bits per heavy atom. The quantitative estimate of drug-likeness (QED) is 0.630. The van der Waals surface area contributed by atoms with Gasteiger partial charge in [-0.15, -0.1) is 11.8 Å². The largest absolute Gasteiger partial charge is 0.398 e. The lowest BCUT2D eigenvalue weighted by atomic mass is 10.2. The van der Waals surface area contributed by atoms with E-state index in [2.05, 4.69) is 5.32 Å². The Morgan fingerprint density at radius 3 is 2.71 bits per heavy atom. The summed E-state index contributed by atoms with van der Waals surface area (Å²) >= 11 is 13.3. The molecule has 2 aromatic carbocycles. The number of carbonyl (C=O) groups is 1. The average molecular weight is 341 g/mol. The standard InChI is InChI=1S/C15H14Cl2N2OS/c1-9-2-5-14(12(18)6-9)21-8-15(20)19-13-7-10(16)3-4-11(13)17/h2-7H,8,18H2,1H3,(H,19,20). The van der Waals surface area contributed by atoms with Crippen molar-refractivity contribution < 1.29 is 4.79 Å². The first-order chi connectivity index (χ1) is 9.95. The zero-order valence-corrected chi connectivity index (χ0v) is 13.6. The second kappa shape index (κ2) is 7.07. The molecule has 0 atom stereocenters. The van der Waals surface area contributed by atoms with Crippen molar-refractivity contribution in [3.63, 3.8) is 0 Å². The molecular weight excluding hydrogens is 327 g/mol. The van der Waals surface area contributed by atoms with Crippen molar-refractivity contribution in [3.8, 4) is 0 Å². The number of halogens is 2. The maximum absolute atomic E-state index is 12.0. The summed E-state index contributed by atoms with van der Waals surface area (Å²) < 4.78 is 0. The molecule has 3 nitrogen and oxygen atoms in total. The van der Waals surface area contributed by atoms with E-state index in [0.717, 1.165) is 10.5 Å². The van der Waals surface area contributed by atoms with Crippen LogP contribution in [0.15, 0.2) is 41.3 Å². The molecule has 0 radical (unpaired) electrons. The van der Waals surface area contributed by atoms with Crippen molar-refractivity contribution in [1.29, 1.82) is 0 Å². The van der Waals surface area contributed by atoms with Crippen LogP contribution in [0.5, 0.6) is 0 Å². The highest BCUT2D eigenvalue weighted by molar-refractivity contribution is 8.00. The van der Waals surface area contributed by atoms with Crippen LogP contribution in [-0.4, -0.2) is 11.7 Å². The summed E-state index contributed by atoms with van der Waals surface area (Å²) in [6.07, 6.45) is 0. The molecule has 3 N–H and O–H groups in total. The van der Waals surface area contributed by atoms with Gasteiger partial charge in [-0.3, -0.25) is 4.79 Å². The lowest BCUT2D eigenvalue weighted by Crippen LogP contribution is -2.14. The average Bonchev–Trinajstić information content (AvgIpc) is 2.42. The molecule has 6 heteroatoms. The number of aryl methyl sites for hydroxylation is 1. The number of nitrogens with two attached hydrogens (primary N) is 1. The number of hydrogen-bond donors (Lipinski definition) is 2. The third-order valence-corrected chi connectivity index (χ3v) is 4.38. The van der Waals surface area contributed by atoms with Gasteiger partial charge in [0.25, 0.3) is 0 Å². The van der Waals surface area contributed by atoms with Crippen molar-refractivity contribution in [2.24, 2.45) is 0 Å². The van der Waals surface area contributed by atoms with Gasteiger partial charge in [-0.25, -0.2) is 0 Å². The number of nitrogen functional groups attached to an aromatic ring is 1. The molecule has 0 saturated heterocycles. The Balaban J connectivity index is 1.97. The molecule has 0 aromatic heterocycles. The van der Waals surface area contributed by atoms with Gasteiger partial charge in [0.1, 0.15) is 0 Å². The highest BCUT2D eigenvalue weighted by Gasteiger charge is 2.08. The number of hydrogen-bond acceptors (Lipinski definition) is 3. The van der Waals surface area contributed by atoms with E-state index in [1.165, 1.54) is 11.8 Å². The summed E-state index contributed by atoms with van der Waals surface area (Å²) in [7, 11) is 0. The Kier molecular flexibility index (Phi) is 5.39. The van der Waals surface area contributed by atoms with Gasteiger partial charge >= 0.3 is 0 Å². The van der Waals surface area contributed by atoms with E-state index in [9.17, 15) is 4.79 Å². The fourth-order valence-electron chi connectivity index (χ4n) is 1.72. The lowest BCUT2D eigenvalue weighted by Gasteiger charge is -2.09. The highest BCUT2D eigenvalue weighted by Crippen LogP contribution is 2.28. The van der Waals surface area contributed by atoms with Crippen LogP contribution in [0, 0.1) is 6.92 Å². The fraction of sp³-hybridized carbons (Fsp3) is 0.133. The van der Waals surface area contributed by atoms with Gasteiger partial charge in [-0.2, -0.15) is 0 Å². The van der Waals surface area contributed by atoms with Gasteiger partial charge in [0.15, 0.2) is 0 Å². The number of benzene rings is 2. The van der Waals surface area contributed by atoms with Crippen molar-refractivity contribution in [1.82, 2.24) is 0 Å². The van der Waals surface area contributed by atoms with Gasteiger partial charge in [-0.1, -0.05) is 29.3 Å². The van der Waals surface area contributed by atoms with Gasteiger partial charge in [-0.05, 0) is 42.8 Å². The van der Waals surface area contributed by atoms with Crippen LogP contribution in [0.25, 0.3) is 0 Å². The van der Waals surface area contributed by atoms with Crippen LogP contribution in [-0.2, 0) is 4.79 Å². The van der Waals surface area contributed by atoms with E-state index in [0.29, 0.717) is 21.4 Å². The molecule has 0 aliphatic rings. The summed E-state index contributed by atoms with van der Waals surface area (Å²) in [5, 5.41) is 3.71. The summed E-state index contributed by atoms with van der Waals surface area (Å²) in [5.41, 5.74) is 8.18. The molecule has 0 unspecified atom stereocenters. The molecule has 0 saturated carbocycles. The van der Waals surface area contributed by atoms with Crippen molar-refractivity contribution in [2.75, 3.05) is 16.8 Å². The lowest BCUT2D eigenvalue weighted by molar-refractivity contribution is -0.113. The number of thioether (sulfide) groups is 1. The minimum atomic E-state index is -0.163. The molecule has 2 rings (SSSR count). The number of nitrogens with one attached hydrogen (secondary N) is 1. The summed E-state index contributed by atoms with van der Waals surface area (Å²) in [6.45, 7) is 1.97. The second-order valence-electron chi connectivity index (χ2n) is 4.50. The smallest absolute Gasteiger partial charge is 0.234 e. The molecule has 0 bridgehead atoms. The molecule has 0 heterocycles. The summed E-state index contributed by atoms with van der Waals surface area (Å²) in [6, 6.07) is 10.7. The molecule has 0 aliphatic carbocycles. The molecule has 1 amide bonds. The van der Waals surface area contributed by atoms with Crippen LogP contribution in [0.1, 0.15) is 5.56 Å². The molecule has 0 aliphatic heterocycles. The van der Waals surface area contributed by atoms with Crippen LogP contribution >= 0.6 is 35.0 Å². The van der Waals surface area contributed by atoms with Crippen molar-refractivity contribution in [3.05, 3.63) is 52.0 Å². The molecule has 0 spiro atoms. The van der Waals surface area contributed by atoms with Gasteiger partial charge < -0.3 is 11.1 Å². The van der Waals surface area contributed by atoms with E-state index in [1.807, 2.05) is 25.1 Å². The zero-order valence-electron chi connectivity index (χ0n) is 11.3. The van der Waals surface area contributed by atoms with Crippen LogP contribution in [0.3, 0.4) is 0 Å². The normalized spacial score (nSPS) is 10.4. The SMILES string of the molecule is Cc1ccc(SCC(=O)Nc2cc(Cl)ccc2Cl)c(N)c1. The fourth-order valence-corrected chi connectivity index (χ4v) is 2.81. The molecule has 110 valence electrons. The Bertz CT molecular complexity index is 677. The number of anilines is 2. The Labute approximate surface area is 137 Å². The first-order valence-corrected chi connectivity index (χ1v) is 7.93. The minimum absolute atomic E-state index is 0.163. The van der Waals surface area contributed by atoms with E-state index in [-0.39, 0.29) is 11.7 Å². The second-order valence-corrected chi connectivity index (χ2v) is 6.36. The zero-order chi connectivity index (χ0) is 15.4. The molecule has 0 fully saturated rings. The van der Waals surface area contributed by atoms with E-state index < -0.39 is 0 Å². The van der Waals surface area contributed by atoms with Gasteiger partial charge in [0, 0.05) is 15.6 Å². The minimum Gasteiger partial charge on any atom is -0.398 e. The van der Waals surface area contributed by atoms with Gasteiger partial charge in [0.05, 0.1) is 16.5 Å². The summed E-state index contributed by atoms with van der Waals surface area (Å²) in [4.78, 5) is 12.8. The third-order valence-electron chi connectivity index (χ3n) is 2.73. The predicted octanol–water partition coefficient (Wildman–Crippen LogP) is 4.61. The number of amides is 1. The van der Waals surface area contributed by atoms with Crippen LogP contribution < -0.4 is 11.1 Å².